The van der Waals surface area contributed by atoms with Crippen LogP contribution in [0.25, 0.3) is 0 Å². The van der Waals surface area contributed by atoms with Crippen molar-refractivity contribution in [2.24, 2.45) is 5.92 Å². The van der Waals surface area contributed by atoms with E-state index in [2.05, 4.69) is 5.32 Å². The summed E-state index contributed by atoms with van der Waals surface area (Å²) < 4.78 is 5.60. The highest BCUT2D eigenvalue weighted by atomic mass is 16.5. The van der Waals surface area contributed by atoms with Gasteiger partial charge in [0.15, 0.2) is 0 Å². The van der Waals surface area contributed by atoms with Gasteiger partial charge in [0, 0.05) is 13.2 Å². The van der Waals surface area contributed by atoms with E-state index in [4.69, 9.17) is 4.74 Å². The third kappa shape index (κ3) is 5.91. The Morgan fingerprint density at radius 3 is 2.68 bits per heavy atom. The molecule has 112 valence electrons. The van der Waals surface area contributed by atoms with Crippen LogP contribution < -0.4 is 5.32 Å². The van der Waals surface area contributed by atoms with E-state index in [0.717, 1.165) is 31.9 Å². The van der Waals surface area contributed by atoms with E-state index in [-0.39, 0.29) is 0 Å². The summed E-state index contributed by atoms with van der Waals surface area (Å²) in [7, 11) is 0. The second-order valence-electron chi connectivity index (χ2n) is 5.87. The van der Waals surface area contributed by atoms with Crippen molar-refractivity contribution < 1.29 is 14.6 Å². The lowest BCUT2D eigenvalue weighted by molar-refractivity contribution is -0.144. The van der Waals surface area contributed by atoms with Crippen molar-refractivity contribution in [1.82, 2.24) is 5.32 Å². The Kier molecular flexibility index (Phi) is 7.39. The Hall–Kier alpha value is -0.610. The molecule has 0 spiro atoms. The van der Waals surface area contributed by atoms with Crippen LogP contribution in [0.5, 0.6) is 0 Å². The summed E-state index contributed by atoms with van der Waals surface area (Å²) in [5.74, 6) is 0.117. The normalized spacial score (nSPS) is 18.8. The van der Waals surface area contributed by atoms with Crippen LogP contribution in [-0.4, -0.2) is 36.4 Å². The van der Waals surface area contributed by atoms with Gasteiger partial charge in [0.25, 0.3) is 0 Å². The van der Waals surface area contributed by atoms with Crippen LogP contribution in [0.3, 0.4) is 0 Å². The molecule has 0 heterocycles. The van der Waals surface area contributed by atoms with E-state index in [1.807, 2.05) is 6.92 Å². The number of rotatable bonds is 11. The summed E-state index contributed by atoms with van der Waals surface area (Å²) in [4.78, 5) is 11.3. The van der Waals surface area contributed by atoms with E-state index in [1.54, 1.807) is 6.92 Å². The molecule has 0 bridgehead atoms. The molecule has 0 aromatic rings. The number of carboxylic acids is 1. The average molecular weight is 271 g/mol. The molecule has 0 aromatic carbocycles. The first-order chi connectivity index (χ1) is 9.08. The maximum atomic E-state index is 11.3. The molecule has 0 aliphatic heterocycles. The highest BCUT2D eigenvalue weighted by Crippen LogP contribution is 2.29. The summed E-state index contributed by atoms with van der Waals surface area (Å²) in [6, 6.07) is 0. The minimum absolute atomic E-state index is 0.617. The molecular formula is C15H29NO3. The van der Waals surface area contributed by atoms with Crippen molar-refractivity contribution in [3.8, 4) is 0 Å². The molecule has 0 radical (unpaired) electrons. The van der Waals surface area contributed by atoms with Crippen LogP contribution in [0.1, 0.15) is 58.8 Å². The minimum Gasteiger partial charge on any atom is -0.480 e. The molecule has 2 N–H and O–H groups in total. The fourth-order valence-corrected chi connectivity index (χ4v) is 2.33. The molecule has 0 aromatic heterocycles. The van der Waals surface area contributed by atoms with Gasteiger partial charge in [-0.2, -0.15) is 0 Å². The second kappa shape index (κ2) is 8.54. The molecule has 0 amide bonds. The minimum atomic E-state index is -0.812. The standard InChI is InChI=1S/C15H29NO3/c1-3-10-16-15(2,14(17)18)9-5-11-19-12-8-13-6-4-7-13/h13,16H,3-12H2,1-2H3,(H,17,18). The second-order valence-corrected chi connectivity index (χ2v) is 5.87. The molecule has 4 nitrogen and oxygen atoms in total. The highest BCUT2D eigenvalue weighted by Gasteiger charge is 2.31. The van der Waals surface area contributed by atoms with Crippen molar-refractivity contribution in [2.75, 3.05) is 19.8 Å². The quantitative estimate of drug-likeness (QED) is 0.567. The predicted octanol–water partition coefficient (Wildman–Crippen LogP) is 2.82. The molecule has 1 saturated carbocycles. The zero-order valence-corrected chi connectivity index (χ0v) is 12.4. The number of ether oxygens (including phenoxy) is 1. The molecule has 1 atom stereocenters. The first-order valence-electron chi connectivity index (χ1n) is 7.64. The fourth-order valence-electron chi connectivity index (χ4n) is 2.33. The molecule has 1 unspecified atom stereocenters. The van der Waals surface area contributed by atoms with Crippen LogP contribution >= 0.6 is 0 Å². The number of carbonyl (C=O) groups is 1. The van der Waals surface area contributed by atoms with Crippen molar-refractivity contribution in [2.45, 2.75) is 64.3 Å². The fraction of sp³-hybridized carbons (Fsp3) is 0.933. The van der Waals surface area contributed by atoms with Gasteiger partial charge in [0.05, 0.1) is 0 Å². The van der Waals surface area contributed by atoms with Gasteiger partial charge in [-0.3, -0.25) is 4.79 Å². The van der Waals surface area contributed by atoms with Crippen LogP contribution in [0.15, 0.2) is 0 Å². The van der Waals surface area contributed by atoms with E-state index in [0.29, 0.717) is 13.0 Å². The molecule has 0 saturated heterocycles. The maximum absolute atomic E-state index is 11.3. The molecule has 19 heavy (non-hydrogen) atoms. The molecule has 1 fully saturated rings. The van der Waals surface area contributed by atoms with Gasteiger partial charge in [-0.25, -0.2) is 0 Å². The number of hydrogen-bond donors (Lipinski definition) is 2. The predicted molar refractivity (Wildman–Crippen MR) is 76.3 cm³/mol. The molecule has 1 aliphatic rings. The van der Waals surface area contributed by atoms with Gasteiger partial charge in [-0.15, -0.1) is 0 Å². The van der Waals surface area contributed by atoms with E-state index in [1.165, 1.54) is 25.7 Å². The van der Waals surface area contributed by atoms with Crippen LogP contribution in [0, 0.1) is 5.92 Å². The largest absolute Gasteiger partial charge is 0.480 e. The van der Waals surface area contributed by atoms with Crippen molar-refractivity contribution in [1.29, 1.82) is 0 Å². The van der Waals surface area contributed by atoms with Crippen LogP contribution in [-0.2, 0) is 9.53 Å². The Morgan fingerprint density at radius 2 is 2.16 bits per heavy atom. The lowest BCUT2D eigenvalue weighted by Crippen LogP contribution is -2.49. The Morgan fingerprint density at radius 1 is 1.42 bits per heavy atom. The monoisotopic (exact) mass is 271 g/mol. The van der Waals surface area contributed by atoms with E-state index in [9.17, 15) is 9.90 Å². The smallest absolute Gasteiger partial charge is 0.323 e. The van der Waals surface area contributed by atoms with E-state index < -0.39 is 11.5 Å². The number of carboxylic acid groups (broad SMARTS) is 1. The zero-order chi connectivity index (χ0) is 14.1. The first kappa shape index (κ1) is 16.4. The van der Waals surface area contributed by atoms with Gasteiger partial charge < -0.3 is 15.2 Å². The third-order valence-corrected chi connectivity index (χ3v) is 4.10. The number of hydrogen-bond acceptors (Lipinski definition) is 3. The Balaban J connectivity index is 2.08. The zero-order valence-electron chi connectivity index (χ0n) is 12.4. The van der Waals surface area contributed by atoms with Crippen molar-refractivity contribution in [3.63, 3.8) is 0 Å². The lowest BCUT2D eigenvalue weighted by Gasteiger charge is -2.26. The Bertz CT molecular complexity index is 266. The van der Waals surface area contributed by atoms with Gasteiger partial charge in [-0.1, -0.05) is 26.2 Å². The number of nitrogens with one attached hydrogen (secondary N) is 1. The maximum Gasteiger partial charge on any atom is 0.323 e. The highest BCUT2D eigenvalue weighted by molar-refractivity contribution is 5.78. The van der Waals surface area contributed by atoms with Crippen molar-refractivity contribution >= 4 is 5.97 Å². The van der Waals surface area contributed by atoms with E-state index >= 15 is 0 Å². The van der Waals surface area contributed by atoms with Gasteiger partial charge in [0.1, 0.15) is 5.54 Å². The molecule has 4 heteroatoms. The lowest BCUT2D eigenvalue weighted by atomic mass is 9.83. The van der Waals surface area contributed by atoms with Crippen molar-refractivity contribution in [3.05, 3.63) is 0 Å². The summed E-state index contributed by atoms with van der Waals surface area (Å²) in [5.41, 5.74) is -0.812. The summed E-state index contributed by atoms with van der Waals surface area (Å²) in [5, 5.41) is 12.4. The summed E-state index contributed by atoms with van der Waals surface area (Å²) in [6.45, 7) is 6.05. The SMILES string of the molecule is CCCNC(C)(CCCOCCC1CCC1)C(=O)O. The molecular weight excluding hydrogens is 242 g/mol. The summed E-state index contributed by atoms with van der Waals surface area (Å²) in [6.07, 6.45) is 7.63. The van der Waals surface area contributed by atoms with Crippen LogP contribution in [0.2, 0.25) is 0 Å². The topological polar surface area (TPSA) is 58.6 Å². The van der Waals surface area contributed by atoms with Gasteiger partial charge in [0.2, 0.25) is 0 Å². The Labute approximate surface area is 116 Å². The van der Waals surface area contributed by atoms with Gasteiger partial charge >= 0.3 is 5.97 Å². The van der Waals surface area contributed by atoms with Crippen LogP contribution in [0.4, 0.5) is 0 Å². The van der Waals surface area contributed by atoms with Gasteiger partial charge in [-0.05, 0) is 45.1 Å². The molecule has 1 rings (SSSR count). The average Bonchev–Trinajstić information content (AvgIpc) is 2.32. The summed E-state index contributed by atoms with van der Waals surface area (Å²) >= 11 is 0. The number of aliphatic carboxylic acids is 1. The third-order valence-electron chi connectivity index (χ3n) is 4.10. The first-order valence-corrected chi connectivity index (χ1v) is 7.64. The molecule has 1 aliphatic carbocycles.